The van der Waals surface area contributed by atoms with Gasteiger partial charge in [0.2, 0.25) is 0 Å². The summed E-state index contributed by atoms with van der Waals surface area (Å²) >= 11 is 0. The number of rotatable bonds is 4. The van der Waals surface area contributed by atoms with Crippen molar-refractivity contribution in [2.45, 2.75) is 13.5 Å². The van der Waals surface area contributed by atoms with Crippen LogP contribution in [0.3, 0.4) is 0 Å². The predicted octanol–water partition coefficient (Wildman–Crippen LogP) is 1.93. The molecular weight excluding hydrogens is 242 g/mol. The second-order valence-corrected chi connectivity index (χ2v) is 4.07. The van der Waals surface area contributed by atoms with Crippen molar-refractivity contribution in [1.82, 2.24) is 9.97 Å². The lowest BCUT2D eigenvalue weighted by Crippen LogP contribution is -2.03. The molecule has 0 amide bonds. The van der Waals surface area contributed by atoms with Crippen molar-refractivity contribution >= 4 is 0 Å². The molecule has 0 unspecified atom stereocenters. The SMILES string of the molecule is COc1ccc(-c2cc(CN)nc(C)n2)cc1OC. The molecule has 2 aromatic rings. The Morgan fingerprint density at radius 1 is 1.05 bits per heavy atom. The van der Waals surface area contributed by atoms with Gasteiger partial charge < -0.3 is 15.2 Å². The zero-order valence-corrected chi connectivity index (χ0v) is 11.3. The summed E-state index contributed by atoms with van der Waals surface area (Å²) in [6.07, 6.45) is 0. The van der Waals surface area contributed by atoms with Crippen molar-refractivity contribution < 1.29 is 9.47 Å². The number of nitrogens with two attached hydrogens (primary N) is 1. The fourth-order valence-corrected chi connectivity index (χ4v) is 1.88. The van der Waals surface area contributed by atoms with Gasteiger partial charge in [0.15, 0.2) is 11.5 Å². The van der Waals surface area contributed by atoms with Crippen LogP contribution in [0.25, 0.3) is 11.3 Å². The van der Waals surface area contributed by atoms with Crippen LogP contribution in [0.4, 0.5) is 0 Å². The third kappa shape index (κ3) is 2.82. The van der Waals surface area contributed by atoms with Gasteiger partial charge in [0, 0.05) is 12.1 Å². The lowest BCUT2D eigenvalue weighted by Gasteiger charge is -2.10. The molecule has 0 aliphatic carbocycles. The third-order valence-electron chi connectivity index (χ3n) is 2.78. The summed E-state index contributed by atoms with van der Waals surface area (Å²) in [5.41, 5.74) is 8.22. The van der Waals surface area contributed by atoms with Gasteiger partial charge in [-0.2, -0.15) is 0 Å². The lowest BCUT2D eigenvalue weighted by atomic mass is 10.1. The van der Waals surface area contributed by atoms with Crippen LogP contribution in [-0.4, -0.2) is 24.2 Å². The number of hydrogen-bond acceptors (Lipinski definition) is 5. The summed E-state index contributed by atoms with van der Waals surface area (Å²) in [6.45, 7) is 2.24. The Hall–Kier alpha value is -2.14. The first kappa shape index (κ1) is 13.3. The fraction of sp³-hybridized carbons (Fsp3) is 0.286. The molecule has 0 saturated heterocycles. The van der Waals surface area contributed by atoms with E-state index in [0.29, 0.717) is 23.9 Å². The number of nitrogens with zero attached hydrogens (tertiary/aromatic N) is 2. The van der Waals surface area contributed by atoms with Crippen LogP contribution in [0.15, 0.2) is 24.3 Å². The maximum atomic E-state index is 5.63. The van der Waals surface area contributed by atoms with Gasteiger partial charge in [-0.3, -0.25) is 0 Å². The number of benzene rings is 1. The molecule has 100 valence electrons. The fourth-order valence-electron chi connectivity index (χ4n) is 1.88. The zero-order valence-electron chi connectivity index (χ0n) is 11.3. The van der Waals surface area contributed by atoms with E-state index in [1.807, 2.05) is 31.2 Å². The Balaban J connectivity index is 2.49. The standard InChI is InChI=1S/C14H17N3O2/c1-9-16-11(8-15)7-12(17-9)10-4-5-13(18-2)14(6-10)19-3/h4-7H,8,15H2,1-3H3. The average molecular weight is 259 g/mol. The van der Waals surface area contributed by atoms with E-state index in [4.69, 9.17) is 15.2 Å². The summed E-state index contributed by atoms with van der Waals surface area (Å²) in [4.78, 5) is 8.68. The summed E-state index contributed by atoms with van der Waals surface area (Å²) < 4.78 is 10.5. The van der Waals surface area contributed by atoms with Crippen LogP contribution in [0.1, 0.15) is 11.5 Å². The van der Waals surface area contributed by atoms with Crippen LogP contribution in [0.5, 0.6) is 11.5 Å². The van der Waals surface area contributed by atoms with Gasteiger partial charge in [0.25, 0.3) is 0 Å². The summed E-state index contributed by atoms with van der Waals surface area (Å²) in [5.74, 6) is 2.06. The molecule has 2 rings (SSSR count). The number of hydrogen-bond donors (Lipinski definition) is 1. The number of aryl methyl sites for hydroxylation is 1. The largest absolute Gasteiger partial charge is 0.493 e. The maximum Gasteiger partial charge on any atom is 0.161 e. The van der Waals surface area contributed by atoms with Crippen LogP contribution >= 0.6 is 0 Å². The highest BCUT2D eigenvalue weighted by Crippen LogP contribution is 2.31. The molecular formula is C14H17N3O2. The molecule has 0 fully saturated rings. The second kappa shape index (κ2) is 5.67. The van der Waals surface area contributed by atoms with Crippen molar-refractivity contribution in [3.8, 4) is 22.8 Å². The molecule has 0 aliphatic heterocycles. The topological polar surface area (TPSA) is 70.3 Å². The Morgan fingerprint density at radius 2 is 1.79 bits per heavy atom. The minimum Gasteiger partial charge on any atom is -0.493 e. The zero-order chi connectivity index (χ0) is 13.8. The van der Waals surface area contributed by atoms with E-state index in [9.17, 15) is 0 Å². The van der Waals surface area contributed by atoms with E-state index < -0.39 is 0 Å². The first-order valence-electron chi connectivity index (χ1n) is 5.95. The Bertz CT molecular complexity index is 585. The highest BCUT2D eigenvalue weighted by Gasteiger charge is 2.08. The lowest BCUT2D eigenvalue weighted by molar-refractivity contribution is 0.355. The van der Waals surface area contributed by atoms with Crippen LogP contribution in [0.2, 0.25) is 0 Å². The molecule has 1 aromatic carbocycles. The van der Waals surface area contributed by atoms with Crippen molar-refractivity contribution in [1.29, 1.82) is 0 Å². The van der Waals surface area contributed by atoms with Crippen molar-refractivity contribution in [3.63, 3.8) is 0 Å². The molecule has 0 spiro atoms. The van der Waals surface area contributed by atoms with Gasteiger partial charge in [-0.1, -0.05) is 0 Å². The number of methoxy groups -OCH3 is 2. The molecule has 2 N–H and O–H groups in total. The molecule has 19 heavy (non-hydrogen) atoms. The Morgan fingerprint density at radius 3 is 2.42 bits per heavy atom. The molecule has 5 nitrogen and oxygen atoms in total. The van der Waals surface area contributed by atoms with E-state index in [1.165, 1.54) is 0 Å². The van der Waals surface area contributed by atoms with E-state index in [1.54, 1.807) is 14.2 Å². The first-order valence-corrected chi connectivity index (χ1v) is 5.95. The van der Waals surface area contributed by atoms with Crippen LogP contribution < -0.4 is 15.2 Å². The molecule has 0 saturated carbocycles. The van der Waals surface area contributed by atoms with Gasteiger partial charge in [-0.05, 0) is 31.2 Å². The minimum absolute atomic E-state index is 0.393. The summed E-state index contributed by atoms with van der Waals surface area (Å²) in [5, 5.41) is 0. The van der Waals surface area contributed by atoms with Crippen molar-refractivity contribution in [2.75, 3.05) is 14.2 Å². The van der Waals surface area contributed by atoms with E-state index in [-0.39, 0.29) is 0 Å². The third-order valence-corrected chi connectivity index (χ3v) is 2.78. The average Bonchev–Trinajstić information content (AvgIpc) is 2.45. The summed E-state index contributed by atoms with van der Waals surface area (Å²) in [7, 11) is 3.22. The van der Waals surface area contributed by atoms with E-state index in [2.05, 4.69) is 9.97 Å². The van der Waals surface area contributed by atoms with Gasteiger partial charge in [0.1, 0.15) is 5.82 Å². The van der Waals surface area contributed by atoms with Gasteiger partial charge >= 0.3 is 0 Å². The minimum atomic E-state index is 0.393. The van der Waals surface area contributed by atoms with E-state index >= 15 is 0 Å². The van der Waals surface area contributed by atoms with Gasteiger partial charge in [0.05, 0.1) is 25.6 Å². The van der Waals surface area contributed by atoms with E-state index in [0.717, 1.165) is 17.0 Å². The van der Waals surface area contributed by atoms with Gasteiger partial charge in [-0.25, -0.2) is 9.97 Å². The Kier molecular flexibility index (Phi) is 3.97. The highest BCUT2D eigenvalue weighted by molar-refractivity contribution is 5.64. The molecule has 1 heterocycles. The second-order valence-electron chi connectivity index (χ2n) is 4.07. The molecule has 0 radical (unpaired) electrons. The summed E-state index contributed by atoms with van der Waals surface area (Å²) in [6, 6.07) is 7.56. The molecule has 5 heteroatoms. The predicted molar refractivity (Wildman–Crippen MR) is 73.2 cm³/mol. The smallest absolute Gasteiger partial charge is 0.161 e. The van der Waals surface area contributed by atoms with Crippen LogP contribution in [-0.2, 0) is 6.54 Å². The Labute approximate surface area is 112 Å². The van der Waals surface area contributed by atoms with Gasteiger partial charge in [-0.15, -0.1) is 0 Å². The monoisotopic (exact) mass is 259 g/mol. The van der Waals surface area contributed by atoms with Crippen LogP contribution in [0, 0.1) is 6.92 Å². The normalized spacial score (nSPS) is 10.3. The molecule has 1 aromatic heterocycles. The molecule has 0 aliphatic rings. The number of ether oxygens (including phenoxy) is 2. The molecule has 0 atom stereocenters. The first-order chi connectivity index (χ1) is 9.17. The highest BCUT2D eigenvalue weighted by atomic mass is 16.5. The van der Waals surface area contributed by atoms with Crippen molar-refractivity contribution in [3.05, 3.63) is 35.8 Å². The molecule has 0 bridgehead atoms. The maximum absolute atomic E-state index is 5.63. The van der Waals surface area contributed by atoms with Crippen molar-refractivity contribution in [2.24, 2.45) is 5.73 Å². The quantitative estimate of drug-likeness (QED) is 0.908. The number of aromatic nitrogens is 2.